The molecule has 2 aromatic heterocycles. The molecule has 0 spiro atoms. The molecule has 1 saturated heterocycles. The molecule has 1 atom stereocenters. The van der Waals surface area contributed by atoms with E-state index in [1.807, 2.05) is 44.9 Å². The number of likely N-dealkylation sites (N-methyl/N-ethyl adjacent to an activating group) is 1. The van der Waals surface area contributed by atoms with Crippen LogP contribution >= 0.6 is 0 Å². The van der Waals surface area contributed by atoms with Gasteiger partial charge in [0.25, 0.3) is 0 Å². The summed E-state index contributed by atoms with van der Waals surface area (Å²) in [6.45, 7) is 7.79. The molecule has 0 saturated carbocycles. The zero-order valence-corrected chi connectivity index (χ0v) is 21.3. The van der Waals surface area contributed by atoms with Gasteiger partial charge < -0.3 is 24.4 Å². The fourth-order valence-electron chi connectivity index (χ4n) is 4.40. The number of fused-ring (bicyclic) bond motifs is 1. The van der Waals surface area contributed by atoms with E-state index >= 15 is 0 Å². The summed E-state index contributed by atoms with van der Waals surface area (Å²) in [6, 6.07) is 3.67. The molecular formula is C26H37N5O4. The Labute approximate surface area is 207 Å². The van der Waals surface area contributed by atoms with E-state index in [0.29, 0.717) is 30.5 Å². The summed E-state index contributed by atoms with van der Waals surface area (Å²) in [6.07, 6.45) is 7.59. The highest BCUT2D eigenvalue weighted by Crippen LogP contribution is 2.31. The molecule has 4 rings (SSSR count). The molecule has 2 aromatic rings. The van der Waals surface area contributed by atoms with Crippen LogP contribution in [0, 0.1) is 0 Å². The van der Waals surface area contributed by atoms with E-state index in [1.165, 1.54) is 0 Å². The Balaban J connectivity index is 1.44. The first-order valence-corrected chi connectivity index (χ1v) is 12.5. The van der Waals surface area contributed by atoms with Crippen molar-refractivity contribution in [3.8, 4) is 17.3 Å². The van der Waals surface area contributed by atoms with Gasteiger partial charge in [0, 0.05) is 42.7 Å². The zero-order chi connectivity index (χ0) is 24.8. The van der Waals surface area contributed by atoms with Crippen molar-refractivity contribution in [2.24, 2.45) is 0 Å². The lowest BCUT2D eigenvalue weighted by molar-refractivity contribution is -0.165. The van der Waals surface area contributed by atoms with Crippen LogP contribution in [-0.2, 0) is 27.1 Å². The number of amides is 1. The number of nitrogens with zero attached hydrogens (tertiary/aromatic N) is 4. The molecule has 1 fully saturated rings. The Bertz CT molecular complexity index is 1020. The fourth-order valence-corrected chi connectivity index (χ4v) is 4.40. The van der Waals surface area contributed by atoms with E-state index in [9.17, 15) is 4.79 Å². The number of carbonyl (C=O) groups excluding carboxylic acids is 1. The van der Waals surface area contributed by atoms with Crippen molar-refractivity contribution < 1.29 is 19.0 Å². The standard InChI is InChI=1S/C26H37N5O4/c1-26(2,3)30-22(32)17-31(4)25-19-8-7-9-20(19)28-24(29-25)21-16-18(11-12-27-21)33-14-15-35-23-10-5-6-13-34-23/h11-12,16,23H,5-10,13-15,17H2,1-4H3,(H,30,32). The number of aryl methyl sites for hydroxylation is 1. The average molecular weight is 484 g/mol. The molecule has 3 heterocycles. The lowest BCUT2D eigenvalue weighted by Crippen LogP contribution is -2.45. The summed E-state index contributed by atoms with van der Waals surface area (Å²) in [7, 11) is 1.90. The largest absolute Gasteiger partial charge is 0.491 e. The van der Waals surface area contributed by atoms with E-state index in [0.717, 1.165) is 62.2 Å². The molecule has 190 valence electrons. The van der Waals surface area contributed by atoms with Crippen LogP contribution in [0.4, 0.5) is 5.82 Å². The van der Waals surface area contributed by atoms with Crippen LogP contribution in [-0.4, -0.2) is 66.1 Å². The second kappa shape index (κ2) is 11.3. The lowest BCUT2D eigenvalue weighted by atomic mass is 10.1. The van der Waals surface area contributed by atoms with Gasteiger partial charge in [-0.25, -0.2) is 9.97 Å². The number of rotatable bonds is 9. The summed E-state index contributed by atoms with van der Waals surface area (Å²) in [4.78, 5) is 28.6. The number of ether oxygens (including phenoxy) is 3. The topological polar surface area (TPSA) is 98.7 Å². The van der Waals surface area contributed by atoms with Gasteiger partial charge >= 0.3 is 0 Å². The Morgan fingerprint density at radius 3 is 2.83 bits per heavy atom. The van der Waals surface area contributed by atoms with Crippen LogP contribution in [0.25, 0.3) is 11.5 Å². The fraction of sp³-hybridized carbons (Fsp3) is 0.615. The molecule has 9 nitrogen and oxygen atoms in total. The third-order valence-electron chi connectivity index (χ3n) is 5.92. The molecule has 0 bridgehead atoms. The van der Waals surface area contributed by atoms with Crippen LogP contribution in [0.1, 0.15) is 57.7 Å². The Morgan fingerprint density at radius 1 is 1.20 bits per heavy atom. The first-order valence-electron chi connectivity index (χ1n) is 12.5. The van der Waals surface area contributed by atoms with Crippen molar-refractivity contribution in [1.82, 2.24) is 20.3 Å². The summed E-state index contributed by atoms with van der Waals surface area (Å²) < 4.78 is 17.2. The zero-order valence-electron chi connectivity index (χ0n) is 21.3. The molecular weight excluding hydrogens is 446 g/mol. The Hall–Kier alpha value is -2.78. The summed E-state index contributed by atoms with van der Waals surface area (Å²) in [5.41, 5.74) is 2.51. The monoisotopic (exact) mass is 483 g/mol. The first kappa shape index (κ1) is 25.3. The Kier molecular flexibility index (Phi) is 8.18. The van der Waals surface area contributed by atoms with E-state index in [1.54, 1.807) is 6.20 Å². The van der Waals surface area contributed by atoms with E-state index in [2.05, 4.69) is 10.3 Å². The minimum atomic E-state index is -0.282. The maximum atomic E-state index is 12.5. The van der Waals surface area contributed by atoms with Gasteiger partial charge in [0.05, 0.1) is 13.2 Å². The van der Waals surface area contributed by atoms with Gasteiger partial charge in [0.2, 0.25) is 5.91 Å². The predicted octanol–water partition coefficient (Wildman–Crippen LogP) is 3.30. The van der Waals surface area contributed by atoms with E-state index in [4.69, 9.17) is 24.2 Å². The average Bonchev–Trinajstić information content (AvgIpc) is 3.29. The number of carbonyl (C=O) groups is 1. The smallest absolute Gasteiger partial charge is 0.239 e. The molecule has 1 aliphatic carbocycles. The van der Waals surface area contributed by atoms with E-state index in [-0.39, 0.29) is 24.3 Å². The van der Waals surface area contributed by atoms with Crippen LogP contribution in [0.2, 0.25) is 0 Å². The second-order valence-corrected chi connectivity index (χ2v) is 10.2. The number of hydrogen-bond donors (Lipinski definition) is 1. The summed E-state index contributed by atoms with van der Waals surface area (Å²) in [5.74, 6) is 1.98. The highest BCUT2D eigenvalue weighted by Gasteiger charge is 2.24. The lowest BCUT2D eigenvalue weighted by Gasteiger charge is -2.25. The maximum absolute atomic E-state index is 12.5. The summed E-state index contributed by atoms with van der Waals surface area (Å²) >= 11 is 0. The van der Waals surface area contributed by atoms with Gasteiger partial charge in [-0.05, 0) is 65.4 Å². The van der Waals surface area contributed by atoms with Gasteiger partial charge in [-0.1, -0.05) is 0 Å². The molecule has 0 radical (unpaired) electrons. The van der Waals surface area contributed by atoms with Crippen molar-refractivity contribution in [1.29, 1.82) is 0 Å². The van der Waals surface area contributed by atoms with Crippen molar-refractivity contribution in [2.75, 3.05) is 38.3 Å². The van der Waals surface area contributed by atoms with Gasteiger partial charge in [-0.3, -0.25) is 9.78 Å². The number of pyridine rings is 1. The van der Waals surface area contributed by atoms with Gasteiger partial charge in [0.1, 0.15) is 23.9 Å². The molecule has 1 aliphatic heterocycles. The van der Waals surface area contributed by atoms with Crippen molar-refractivity contribution in [3.05, 3.63) is 29.6 Å². The number of hydrogen-bond acceptors (Lipinski definition) is 8. The minimum absolute atomic E-state index is 0.0405. The SMILES string of the molecule is CN(CC(=O)NC(C)(C)C)c1nc(-c2cc(OCCOC3CCCCO3)ccn2)nc2c1CCC2. The molecule has 9 heteroatoms. The molecule has 35 heavy (non-hydrogen) atoms. The summed E-state index contributed by atoms with van der Waals surface area (Å²) in [5, 5.41) is 3.02. The molecule has 1 N–H and O–H groups in total. The third-order valence-corrected chi connectivity index (χ3v) is 5.92. The molecule has 1 unspecified atom stereocenters. The Morgan fingerprint density at radius 2 is 2.06 bits per heavy atom. The quantitative estimate of drug-likeness (QED) is 0.543. The highest BCUT2D eigenvalue weighted by molar-refractivity contribution is 5.82. The van der Waals surface area contributed by atoms with Gasteiger partial charge in [-0.2, -0.15) is 0 Å². The van der Waals surface area contributed by atoms with Crippen molar-refractivity contribution in [2.45, 2.75) is 71.1 Å². The van der Waals surface area contributed by atoms with Gasteiger partial charge in [-0.15, -0.1) is 0 Å². The molecule has 1 amide bonds. The maximum Gasteiger partial charge on any atom is 0.239 e. The highest BCUT2D eigenvalue weighted by atomic mass is 16.7. The van der Waals surface area contributed by atoms with Crippen LogP contribution in [0.15, 0.2) is 18.3 Å². The van der Waals surface area contributed by atoms with E-state index < -0.39 is 0 Å². The molecule has 2 aliphatic rings. The normalized spacial score (nSPS) is 17.7. The second-order valence-electron chi connectivity index (χ2n) is 10.2. The van der Waals surface area contributed by atoms with Gasteiger partial charge in [0.15, 0.2) is 12.1 Å². The van der Waals surface area contributed by atoms with Crippen molar-refractivity contribution >= 4 is 11.7 Å². The van der Waals surface area contributed by atoms with Crippen LogP contribution in [0.3, 0.4) is 0 Å². The van der Waals surface area contributed by atoms with Crippen molar-refractivity contribution in [3.63, 3.8) is 0 Å². The number of aromatic nitrogens is 3. The number of anilines is 1. The molecule has 0 aromatic carbocycles. The third kappa shape index (κ3) is 7.11. The minimum Gasteiger partial charge on any atom is -0.491 e. The number of nitrogens with one attached hydrogen (secondary N) is 1. The predicted molar refractivity (Wildman–Crippen MR) is 133 cm³/mol. The van der Waals surface area contributed by atoms with Crippen LogP contribution in [0.5, 0.6) is 5.75 Å². The first-order chi connectivity index (χ1) is 16.8. The van der Waals surface area contributed by atoms with Crippen LogP contribution < -0.4 is 15.0 Å².